The van der Waals surface area contributed by atoms with Crippen LogP contribution in [-0.4, -0.2) is 29.6 Å². The molecule has 0 rings (SSSR count). The molecule has 0 aliphatic carbocycles. The first-order valence-electron chi connectivity index (χ1n) is 0.756. The molecular weight excluding hydrogens is 213 g/mol. The summed E-state index contributed by atoms with van der Waals surface area (Å²) in [7, 11) is 20.1. The molecule has 0 fully saturated rings. The molecule has 1 radical (unpaired) electrons. The van der Waals surface area contributed by atoms with E-state index in [2.05, 4.69) is 0 Å². The summed E-state index contributed by atoms with van der Waals surface area (Å²) in [6, 6.07) is 0. The third-order valence-electron chi connectivity index (χ3n) is 0. The molecule has 0 aliphatic heterocycles. The van der Waals surface area contributed by atoms with Gasteiger partial charge in [0.05, 0.1) is 0 Å². The van der Waals surface area contributed by atoms with Gasteiger partial charge in [0.1, 0.15) is 0 Å². The molecule has 6 heteroatoms. The van der Waals surface area contributed by atoms with Gasteiger partial charge in [0, 0.05) is 29.6 Å². The van der Waals surface area contributed by atoms with E-state index < -0.39 is 12.3 Å². The Balaban J connectivity index is 0. The van der Waals surface area contributed by atoms with Gasteiger partial charge in [0.15, 0.2) is 0 Å². The minimum absolute atomic E-state index is 0. The molecule has 0 aromatic heterocycles. The molecule has 0 aliphatic rings. The third kappa shape index (κ3) is 28.7. The Hall–Kier alpha value is 2.87. The van der Waals surface area contributed by atoms with Crippen molar-refractivity contribution in [3.63, 3.8) is 0 Å². The van der Waals surface area contributed by atoms with Crippen molar-refractivity contribution in [3.8, 4) is 0 Å². The van der Waals surface area contributed by atoms with Gasteiger partial charge < -0.3 is 0 Å². The summed E-state index contributed by atoms with van der Waals surface area (Å²) in [5.41, 5.74) is 0. The smallest absolute Gasteiger partial charge is 0 e. The Morgan fingerprint density at radius 1 is 0.833 bits per heavy atom. The van der Waals surface area contributed by atoms with Gasteiger partial charge in [-0.2, -0.15) is 0 Å². The van der Waals surface area contributed by atoms with Crippen LogP contribution < -0.4 is 0 Å². The molecule has 0 unspecified atom stereocenters. The largest absolute Gasteiger partial charge is 0 e. The minimum atomic E-state index is -3.11. The Morgan fingerprint density at radius 2 is 0.833 bits per heavy atom. The van der Waals surface area contributed by atoms with Crippen LogP contribution >= 0.6 is 37.2 Å². The summed E-state index contributed by atoms with van der Waals surface area (Å²) >= 11 is -3.11. The predicted molar refractivity (Wildman–Crippen MR) is 29.2 cm³/mol. The zero-order valence-electron chi connectivity index (χ0n) is 3.01. The monoisotopic (exact) mass is 211 g/mol. The average molecular weight is 213 g/mol. The van der Waals surface area contributed by atoms with Crippen LogP contribution in [0.1, 0.15) is 0 Å². The number of halogens is 4. The van der Waals surface area contributed by atoms with E-state index >= 15 is 0 Å². The number of hydrogen-bond donors (Lipinski definition) is 0. The summed E-state index contributed by atoms with van der Waals surface area (Å²) < 4.78 is 0. The van der Waals surface area contributed by atoms with Crippen molar-refractivity contribution in [1.82, 2.24) is 0 Å². The van der Waals surface area contributed by atoms with Crippen LogP contribution in [0.4, 0.5) is 0 Å². The van der Waals surface area contributed by atoms with E-state index in [1.165, 1.54) is 0 Å². The molecule has 0 nitrogen and oxygen atoms in total. The van der Waals surface area contributed by atoms with Gasteiger partial charge in [0.2, 0.25) is 0 Å². The molecule has 0 spiro atoms. The van der Waals surface area contributed by atoms with E-state index in [0.717, 1.165) is 0 Å². The molecule has 0 N–H and O–H groups in total. The summed E-state index contributed by atoms with van der Waals surface area (Å²) in [6.45, 7) is 0. The third-order valence-corrected chi connectivity index (χ3v) is 0. The first kappa shape index (κ1) is 11.6. The van der Waals surface area contributed by atoms with Crippen LogP contribution in [-0.2, 0) is 12.3 Å². The maximum Gasteiger partial charge on any atom is 0 e. The van der Waals surface area contributed by atoms with Gasteiger partial charge in [-0.3, -0.25) is 0 Å². The maximum absolute atomic E-state index is 5.01. The van der Waals surface area contributed by atoms with Crippen LogP contribution in [0.3, 0.4) is 0 Å². The van der Waals surface area contributed by atoms with E-state index in [4.69, 9.17) is 37.2 Å². The quantitative estimate of drug-likeness (QED) is 0.541. The van der Waals surface area contributed by atoms with Crippen molar-refractivity contribution < 1.29 is 12.3 Å². The Bertz CT molecular complexity index is 23.0. The van der Waals surface area contributed by atoms with Gasteiger partial charge in [-0.05, 0) is 0 Å². The molecule has 0 amide bonds. The van der Waals surface area contributed by atoms with Gasteiger partial charge in [-0.15, -0.1) is 0 Å². The van der Waals surface area contributed by atoms with E-state index in [0.29, 0.717) is 0 Å². The van der Waals surface area contributed by atoms with Crippen molar-refractivity contribution in [2.45, 2.75) is 0 Å². The van der Waals surface area contributed by atoms with Gasteiger partial charge in [0.25, 0.3) is 0 Å². The summed E-state index contributed by atoms with van der Waals surface area (Å²) in [5, 5.41) is 0. The topological polar surface area (TPSA) is 0 Å². The van der Waals surface area contributed by atoms with Gasteiger partial charge in [-0.1, -0.05) is 0 Å². The van der Waals surface area contributed by atoms with E-state index in [1.807, 2.05) is 0 Å². The van der Waals surface area contributed by atoms with Gasteiger partial charge in [-0.25, -0.2) is 0 Å². The Morgan fingerprint density at radius 3 is 0.833 bits per heavy atom. The average Bonchev–Trinajstić information content (AvgIpc) is 0.722. The number of rotatable bonds is 0. The zero-order valence-corrected chi connectivity index (χ0v) is 9.60. The summed E-state index contributed by atoms with van der Waals surface area (Å²) in [4.78, 5) is 0. The second-order valence-corrected chi connectivity index (χ2v) is 15.9. The molecule has 0 atom stereocenters. The molecule has 6 heavy (non-hydrogen) atoms. The van der Waals surface area contributed by atoms with Crippen molar-refractivity contribution in [3.05, 3.63) is 0 Å². The van der Waals surface area contributed by atoms with Gasteiger partial charge >= 0.3 is 49.6 Å². The fourth-order valence-electron chi connectivity index (χ4n) is 0. The molecular formula is Cl4NaTi. The van der Waals surface area contributed by atoms with Crippen LogP contribution in [0.25, 0.3) is 0 Å². The summed E-state index contributed by atoms with van der Waals surface area (Å²) in [6.07, 6.45) is 0. The first-order chi connectivity index (χ1) is 2.00. The molecule has 0 aromatic carbocycles. The van der Waals surface area contributed by atoms with E-state index in [9.17, 15) is 0 Å². The van der Waals surface area contributed by atoms with Crippen LogP contribution in [0.5, 0.6) is 0 Å². The molecule has 33 valence electrons. The molecule has 0 bridgehead atoms. The normalized spacial score (nSPS) is 10.0. The molecule has 0 heterocycles. The predicted octanol–water partition coefficient (Wildman–Crippen LogP) is 2.37. The van der Waals surface area contributed by atoms with Crippen LogP contribution in [0, 0.1) is 0 Å². The van der Waals surface area contributed by atoms with Crippen LogP contribution in [0.15, 0.2) is 0 Å². The number of hydrogen-bond acceptors (Lipinski definition) is 0. The van der Waals surface area contributed by atoms with Crippen molar-refractivity contribution in [2.75, 3.05) is 0 Å². The maximum atomic E-state index is 5.01. The van der Waals surface area contributed by atoms with E-state index in [-0.39, 0.29) is 29.6 Å². The standard InChI is InChI=1S/4ClH.Na.Ti/h4*1H;;/q;;;;;+4/p-4. The van der Waals surface area contributed by atoms with E-state index in [1.54, 1.807) is 0 Å². The van der Waals surface area contributed by atoms with Crippen molar-refractivity contribution in [1.29, 1.82) is 0 Å². The van der Waals surface area contributed by atoms with Crippen LogP contribution in [0.2, 0.25) is 0 Å². The molecule has 0 saturated heterocycles. The second kappa shape index (κ2) is 4.72. The minimum Gasteiger partial charge on any atom is 0 e. The summed E-state index contributed by atoms with van der Waals surface area (Å²) in [5.74, 6) is 0. The fourth-order valence-corrected chi connectivity index (χ4v) is 0. The Labute approximate surface area is 77.6 Å². The Kier molecular flexibility index (Phi) is 9.17. The fraction of sp³-hybridized carbons (Fsp3) is 0. The SMILES string of the molecule is [Cl][Ti]([Cl])([Cl])[Cl].[Na]. The first-order valence-corrected chi connectivity index (χ1v) is 9.35. The molecule has 0 saturated carbocycles. The zero-order chi connectivity index (χ0) is 4.50. The van der Waals surface area contributed by atoms with Crippen molar-refractivity contribution in [2.24, 2.45) is 0 Å². The molecule has 0 aromatic rings. The second-order valence-electron chi connectivity index (χ2n) is 0.429. The van der Waals surface area contributed by atoms with Crippen molar-refractivity contribution >= 4 is 66.8 Å².